The van der Waals surface area contributed by atoms with Crippen LogP contribution >= 0.6 is 0 Å². The van der Waals surface area contributed by atoms with E-state index in [2.05, 4.69) is 17.0 Å². The Hall–Kier alpha value is -1.12. The van der Waals surface area contributed by atoms with Crippen LogP contribution in [0.4, 0.5) is 5.82 Å². The van der Waals surface area contributed by atoms with Crippen molar-refractivity contribution in [2.24, 2.45) is 5.92 Å². The van der Waals surface area contributed by atoms with Gasteiger partial charge in [0.2, 0.25) is 10.0 Å². The summed E-state index contributed by atoms with van der Waals surface area (Å²) >= 11 is 0. The summed E-state index contributed by atoms with van der Waals surface area (Å²) in [5.41, 5.74) is 5.78. The van der Waals surface area contributed by atoms with E-state index in [1.165, 1.54) is 10.5 Å². The van der Waals surface area contributed by atoms with E-state index in [9.17, 15) is 8.42 Å². The van der Waals surface area contributed by atoms with Gasteiger partial charge in [0, 0.05) is 32.9 Å². The number of likely N-dealkylation sites (tertiary alicyclic amines) is 1. The first kappa shape index (κ1) is 16.3. The lowest BCUT2D eigenvalue weighted by Crippen LogP contribution is -2.33. The van der Waals surface area contributed by atoms with Crippen molar-refractivity contribution in [2.75, 3.05) is 39.5 Å². The van der Waals surface area contributed by atoms with Crippen LogP contribution in [-0.4, -0.2) is 61.1 Å². The van der Waals surface area contributed by atoms with Gasteiger partial charge in [-0.25, -0.2) is 12.7 Å². The minimum Gasteiger partial charge on any atom is -0.381 e. The molecule has 1 fully saturated rings. The minimum atomic E-state index is -3.57. The molecule has 21 heavy (non-hydrogen) atoms. The van der Waals surface area contributed by atoms with Gasteiger partial charge in [-0.05, 0) is 32.4 Å². The normalized spacial score (nSPS) is 20.5. The zero-order valence-electron chi connectivity index (χ0n) is 13.0. The highest BCUT2D eigenvalue weighted by Gasteiger charge is 2.29. The SMILES string of the molecule is CCCn1cc(S(=O)(=O)N(C)CC2CCN(C)C2)c(N)n1. The van der Waals surface area contributed by atoms with E-state index in [-0.39, 0.29) is 10.7 Å². The maximum Gasteiger partial charge on any atom is 0.248 e. The Morgan fingerprint density at radius 2 is 2.24 bits per heavy atom. The largest absolute Gasteiger partial charge is 0.381 e. The number of rotatable bonds is 6. The third kappa shape index (κ3) is 3.56. The summed E-state index contributed by atoms with van der Waals surface area (Å²) in [4.78, 5) is 2.34. The average Bonchev–Trinajstić information content (AvgIpc) is 2.96. The summed E-state index contributed by atoms with van der Waals surface area (Å²) in [7, 11) is 0.107. The van der Waals surface area contributed by atoms with Crippen LogP contribution in [0.15, 0.2) is 11.1 Å². The van der Waals surface area contributed by atoms with Crippen LogP contribution in [0.25, 0.3) is 0 Å². The van der Waals surface area contributed by atoms with Crippen molar-refractivity contribution in [3.63, 3.8) is 0 Å². The van der Waals surface area contributed by atoms with Crippen LogP contribution in [-0.2, 0) is 16.6 Å². The van der Waals surface area contributed by atoms with Gasteiger partial charge < -0.3 is 10.6 Å². The van der Waals surface area contributed by atoms with E-state index in [1.807, 2.05) is 6.92 Å². The van der Waals surface area contributed by atoms with E-state index in [0.29, 0.717) is 19.0 Å². The van der Waals surface area contributed by atoms with Crippen LogP contribution in [0.5, 0.6) is 0 Å². The van der Waals surface area contributed by atoms with Gasteiger partial charge in [-0.15, -0.1) is 0 Å². The zero-order valence-corrected chi connectivity index (χ0v) is 13.8. The standard InChI is InChI=1S/C13H25N5O2S/c1-4-6-18-10-12(13(14)15-18)21(19,20)17(3)9-11-5-7-16(2)8-11/h10-11H,4-9H2,1-3H3,(H2,14,15). The van der Waals surface area contributed by atoms with Gasteiger partial charge >= 0.3 is 0 Å². The molecule has 1 aliphatic heterocycles. The van der Waals surface area contributed by atoms with Crippen molar-refractivity contribution in [3.05, 3.63) is 6.20 Å². The number of hydrogen-bond donors (Lipinski definition) is 1. The highest BCUT2D eigenvalue weighted by atomic mass is 32.2. The summed E-state index contributed by atoms with van der Waals surface area (Å²) in [5.74, 6) is 0.459. The van der Waals surface area contributed by atoms with Gasteiger partial charge in [-0.3, -0.25) is 4.68 Å². The van der Waals surface area contributed by atoms with Gasteiger partial charge in [0.25, 0.3) is 0 Å². The first-order valence-electron chi connectivity index (χ1n) is 7.32. The van der Waals surface area contributed by atoms with Crippen LogP contribution in [0.2, 0.25) is 0 Å². The van der Waals surface area contributed by atoms with E-state index in [0.717, 1.165) is 25.9 Å². The summed E-state index contributed by atoms with van der Waals surface area (Å²) in [6, 6.07) is 0. The van der Waals surface area contributed by atoms with Crippen molar-refractivity contribution >= 4 is 15.8 Å². The molecule has 1 atom stereocenters. The van der Waals surface area contributed by atoms with Crippen LogP contribution in [0.3, 0.4) is 0 Å². The first-order chi connectivity index (χ1) is 9.84. The summed E-state index contributed by atoms with van der Waals surface area (Å²) < 4.78 is 28.2. The van der Waals surface area contributed by atoms with Gasteiger partial charge in [0.05, 0.1) is 0 Å². The smallest absolute Gasteiger partial charge is 0.248 e. The molecule has 1 aromatic rings. The Morgan fingerprint density at radius 1 is 1.52 bits per heavy atom. The van der Waals surface area contributed by atoms with Crippen molar-refractivity contribution in [1.82, 2.24) is 19.0 Å². The van der Waals surface area contributed by atoms with Crippen LogP contribution < -0.4 is 5.73 Å². The molecule has 0 aromatic carbocycles. The highest BCUT2D eigenvalue weighted by Crippen LogP contribution is 2.23. The quantitative estimate of drug-likeness (QED) is 0.824. The summed E-state index contributed by atoms with van der Waals surface area (Å²) in [6.45, 7) is 5.15. The fourth-order valence-corrected chi connectivity index (χ4v) is 4.07. The van der Waals surface area contributed by atoms with E-state index in [4.69, 9.17) is 5.73 Å². The number of nitrogens with zero attached hydrogens (tertiary/aromatic N) is 4. The van der Waals surface area contributed by atoms with Gasteiger partial charge in [-0.1, -0.05) is 6.92 Å². The van der Waals surface area contributed by atoms with E-state index < -0.39 is 10.0 Å². The molecule has 7 nitrogen and oxygen atoms in total. The molecule has 1 aliphatic rings. The molecule has 1 saturated heterocycles. The monoisotopic (exact) mass is 315 g/mol. The molecule has 8 heteroatoms. The highest BCUT2D eigenvalue weighted by molar-refractivity contribution is 7.89. The molecular weight excluding hydrogens is 290 g/mol. The van der Waals surface area contributed by atoms with Gasteiger partial charge in [-0.2, -0.15) is 5.10 Å². The maximum absolute atomic E-state index is 12.6. The van der Waals surface area contributed by atoms with Crippen LogP contribution in [0.1, 0.15) is 19.8 Å². The number of anilines is 1. The molecule has 1 unspecified atom stereocenters. The first-order valence-corrected chi connectivity index (χ1v) is 8.76. The van der Waals surface area contributed by atoms with Gasteiger partial charge in [0.1, 0.15) is 4.90 Å². The lowest BCUT2D eigenvalue weighted by Gasteiger charge is -2.20. The number of hydrogen-bond acceptors (Lipinski definition) is 5. The summed E-state index contributed by atoms with van der Waals surface area (Å²) in [6.07, 6.45) is 3.44. The molecule has 0 saturated carbocycles. The second-order valence-electron chi connectivity index (χ2n) is 5.84. The number of aromatic nitrogens is 2. The van der Waals surface area contributed by atoms with E-state index in [1.54, 1.807) is 11.7 Å². The lowest BCUT2D eigenvalue weighted by molar-refractivity contribution is 0.357. The molecule has 120 valence electrons. The molecule has 2 N–H and O–H groups in total. The Bertz CT molecular complexity index is 583. The molecule has 0 aliphatic carbocycles. The average molecular weight is 315 g/mol. The predicted molar refractivity (Wildman–Crippen MR) is 82.4 cm³/mol. The number of nitrogens with two attached hydrogens (primary N) is 1. The lowest BCUT2D eigenvalue weighted by atomic mass is 10.1. The molecule has 2 rings (SSSR count). The number of nitrogen functional groups attached to an aromatic ring is 1. The number of aryl methyl sites for hydroxylation is 1. The second-order valence-corrected chi connectivity index (χ2v) is 7.86. The molecule has 0 amide bonds. The third-order valence-electron chi connectivity index (χ3n) is 3.90. The Morgan fingerprint density at radius 3 is 2.81 bits per heavy atom. The van der Waals surface area contributed by atoms with E-state index >= 15 is 0 Å². The fourth-order valence-electron chi connectivity index (χ4n) is 2.77. The maximum atomic E-state index is 12.6. The molecule has 1 aromatic heterocycles. The van der Waals surface area contributed by atoms with Crippen molar-refractivity contribution in [2.45, 2.75) is 31.2 Å². The molecule has 0 radical (unpaired) electrons. The van der Waals surface area contributed by atoms with Crippen molar-refractivity contribution in [1.29, 1.82) is 0 Å². The molecular formula is C13H25N5O2S. The van der Waals surface area contributed by atoms with Crippen LogP contribution in [0, 0.1) is 5.92 Å². The Kier molecular flexibility index (Phi) is 4.90. The number of sulfonamides is 1. The Labute approximate surface area is 126 Å². The Balaban J connectivity index is 2.13. The van der Waals surface area contributed by atoms with Crippen molar-refractivity contribution < 1.29 is 8.42 Å². The molecule has 0 spiro atoms. The minimum absolute atomic E-state index is 0.0823. The zero-order chi connectivity index (χ0) is 15.6. The predicted octanol–water partition coefficient (Wildman–Crippen LogP) is 0.448. The topological polar surface area (TPSA) is 84.5 Å². The second kappa shape index (κ2) is 6.33. The molecule has 2 heterocycles. The fraction of sp³-hybridized carbons (Fsp3) is 0.769. The van der Waals surface area contributed by atoms with Gasteiger partial charge in [0.15, 0.2) is 5.82 Å². The summed E-state index contributed by atoms with van der Waals surface area (Å²) in [5, 5.41) is 4.07. The molecule has 0 bridgehead atoms. The third-order valence-corrected chi connectivity index (χ3v) is 5.74. The van der Waals surface area contributed by atoms with Crippen molar-refractivity contribution in [3.8, 4) is 0 Å².